The highest BCUT2D eigenvalue weighted by atomic mass is 16.2. The Kier molecular flexibility index (Phi) is 3.26. The molecule has 2 amide bonds. The maximum atomic E-state index is 12.6. The molecule has 1 saturated heterocycles. The number of nitrogens with one attached hydrogen (secondary N) is 2. The highest BCUT2D eigenvalue weighted by Crippen LogP contribution is 2.27. The Hall–Kier alpha value is -2.90. The SMILES string of the molecule is Cc1cc(C)n(C2CN(C(=O)c3cnc4c(c3)NC(=O)CN4)C2)n1. The second-order valence-electron chi connectivity index (χ2n) is 6.26. The average molecular weight is 326 g/mol. The topological polar surface area (TPSA) is 92.2 Å². The van der Waals surface area contributed by atoms with Gasteiger partial charge >= 0.3 is 0 Å². The van der Waals surface area contributed by atoms with Gasteiger partial charge in [0, 0.05) is 25.0 Å². The number of aryl methyl sites for hydroxylation is 2. The van der Waals surface area contributed by atoms with Crippen molar-refractivity contribution in [1.29, 1.82) is 0 Å². The summed E-state index contributed by atoms with van der Waals surface area (Å²) in [5, 5.41) is 10.1. The minimum absolute atomic E-state index is 0.0806. The van der Waals surface area contributed by atoms with Crippen LogP contribution in [0.4, 0.5) is 11.5 Å². The van der Waals surface area contributed by atoms with E-state index >= 15 is 0 Å². The van der Waals surface area contributed by atoms with Crippen molar-refractivity contribution in [3.63, 3.8) is 0 Å². The van der Waals surface area contributed by atoms with Gasteiger partial charge in [0.05, 0.1) is 29.5 Å². The molecule has 4 rings (SSSR count). The Bertz CT molecular complexity index is 837. The zero-order valence-electron chi connectivity index (χ0n) is 13.5. The molecule has 0 saturated carbocycles. The van der Waals surface area contributed by atoms with Gasteiger partial charge in [0.25, 0.3) is 5.91 Å². The number of pyridine rings is 1. The lowest BCUT2D eigenvalue weighted by molar-refractivity contribution is -0.114. The molecule has 0 aromatic carbocycles. The van der Waals surface area contributed by atoms with Crippen molar-refractivity contribution in [1.82, 2.24) is 19.7 Å². The number of hydrogen-bond acceptors (Lipinski definition) is 5. The van der Waals surface area contributed by atoms with Crippen molar-refractivity contribution < 1.29 is 9.59 Å². The number of carbonyl (C=O) groups excluding carboxylic acids is 2. The van der Waals surface area contributed by atoms with Gasteiger partial charge in [-0.2, -0.15) is 5.10 Å². The van der Waals surface area contributed by atoms with Crippen LogP contribution in [0.15, 0.2) is 18.3 Å². The van der Waals surface area contributed by atoms with Gasteiger partial charge in [-0.25, -0.2) is 4.98 Å². The van der Waals surface area contributed by atoms with E-state index in [1.54, 1.807) is 17.2 Å². The van der Waals surface area contributed by atoms with E-state index in [2.05, 4.69) is 20.7 Å². The number of nitrogens with zero attached hydrogens (tertiary/aromatic N) is 4. The Morgan fingerprint density at radius 2 is 2.08 bits per heavy atom. The molecule has 8 heteroatoms. The molecule has 0 spiro atoms. The van der Waals surface area contributed by atoms with Crippen LogP contribution in [-0.2, 0) is 4.79 Å². The van der Waals surface area contributed by atoms with Crippen LogP contribution in [0.2, 0.25) is 0 Å². The molecule has 2 aromatic heterocycles. The molecule has 2 aliphatic heterocycles. The molecule has 1 fully saturated rings. The van der Waals surface area contributed by atoms with Crippen LogP contribution in [0.25, 0.3) is 0 Å². The monoisotopic (exact) mass is 326 g/mol. The largest absolute Gasteiger partial charge is 0.359 e. The fourth-order valence-corrected chi connectivity index (χ4v) is 3.15. The predicted molar refractivity (Wildman–Crippen MR) is 88.0 cm³/mol. The zero-order chi connectivity index (χ0) is 16.8. The van der Waals surface area contributed by atoms with Gasteiger partial charge in [0.1, 0.15) is 5.82 Å². The van der Waals surface area contributed by atoms with Crippen molar-refractivity contribution >= 4 is 23.3 Å². The Morgan fingerprint density at radius 1 is 1.29 bits per heavy atom. The van der Waals surface area contributed by atoms with Gasteiger partial charge in [-0.1, -0.05) is 0 Å². The second-order valence-corrected chi connectivity index (χ2v) is 6.26. The van der Waals surface area contributed by atoms with E-state index in [9.17, 15) is 9.59 Å². The average Bonchev–Trinajstić information content (AvgIpc) is 2.83. The molecule has 0 atom stereocenters. The van der Waals surface area contributed by atoms with E-state index in [0.29, 0.717) is 30.2 Å². The van der Waals surface area contributed by atoms with Crippen molar-refractivity contribution in [2.45, 2.75) is 19.9 Å². The maximum Gasteiger partial charge on any atom is 0.255 e. The summed E-state index contributed by atoms with van der Waals surface area (Å²) in [7, 11) is 0. The molecular formula is C16H18N6O2. The summed E-state index contributed by atoms with van der Waals surface area (Å²) in [6.07, 6.45) is 1.54. The summed E-state index contributed by atoms with van der Waals surface area (Å²) in [5.74, 6) is 0.376. The summed E-state index contributed by atoms with van der Waals surface area (Å²) in [4.78, 5) is 30.0. The van der Waals surface area contributed by atoms with E-state index in [0.717, 1.165) is 11.4 Å². The van der Waals surface area contributed by atoms with Crippen LogP contribution in [0, 0.1) is 13.8 Å². The van der Waals surface area contributed by atoms with Gasteiger partial charge < -0.3 is 15.5 Å². The summed E-state index contributed by atoms with van der Waals surface area (Å²) in [5.41, 5.74) is 3.12. The first-order valence-electron chi connectivity index (χ1n) is 7.87. The molecule has 0 unspecified atom stereocenters. The van der Waals surface area contributed by atoms with Crippen molar-refractivity contribution in [3.8, 4) is 0 Å². The lowest BCUT2D eigenvalue weighted by Crippen LogP contribution is -2.51. The van der Waals surface area contributed by atoms with Crippen LogP contribution in [0.3, 0.4) is 0 Å². The fourth-order valence-electron chi connectivity index (χ4n) is 3.15. The number of aromatic nitrogens is 3. The zero-order valence-corrected chi connectivity index (χ0v) is 13.5. The fraction of sp³-hybridized carbons (Fsp3) is 0.375. The Morgan fingerprint density at radius 3 is 2.79 bits per heavy atom. The van der Waals surface area contributed by atoms with E-state index in [1.165, 1.54) is 0 Å². The lowest BCUT2D eigenvalue weighted by atomic mass is 10.1. The first-order chi connectivity index (χ1) is 11.5. The standard InChI is InChI=1S/C16H18N6O2/c1-9-3-10(2)22(20-9)12-7-21(8-12)16(24)11-4-13-15(17-5-11)18-6-14(23)19-13/h3-5,12H,6-8H2,1-2H3,(H,17,18)(H,19,23). The first kappa shape index (κ1) is 14.7. The van der Waals surface area contributed by atoms with Crippen LogP contribution < -0.4 is 10.6 Å². The summed E-state index contributed by atoms with van der Waals surface area (Å²) >= 11 is 0. The predicted octanol–water partition coefficient (Wildman–Crippen LogP) is 0.956. The summed E-state index contributed by atoms with van der Waals surface area (Å²) in [6.45, 7) is 5.44. The molecule has 24 heavy (non-hydrogen) atoms. The molecule has 2 N–H and O–H groups in total. The maximum absolute atomic E-state index is 12.6. The Labute approximate surface area is 138 Å². The van der Waals surface area contributed by atoms with Gasteiger partial charge in [0.2, 0.25) is 5.91 Å². The molecule has 2 aliphatic rings. The first-order valence-corrected chi connectivity index (χ1v) is 7.87. The third-order valence-corrected chi connectivity index (χ3v) is 4.37. The minimum Gasteiger partial charge on any atom is -0.359 e. The van der Waals surface area contributed by atoms with Crippen LogP contribution in [0.5, 0.6) is 0 Å². The highest BCUT2D eigenvalue weighted by molar-refractivity contribution is 6.02. The van der Waals surface area contributed by atoms with Crippen molar-refractivity contribution in [2.75, 3.05) is 30.3 Å². The van der Waals surface area contributed by atoms with Crippen molar-refractivity contribution in [3.05, 3.63) is 35.3 Å². The molecule has 2 aromatic rings. The lowest BCUT2D eigenvalue weighted by Gasteiger charge is -2.39. The highest BCUT2D eigenvalue weighted by Gasteiger charge is 2.34. The van der Waals surface area contributed by atoms with E-state index in [-0.39, 0.29) is 24.4 Å². The number of amides is 2. The van der Waals surface area contributed by atoms with Gasteiger partial charge in [0.15, 0.2) is 0 Å². The third kappa shape index (κ3) is 2.40. The van der Waals surface area contributed by atoms with Crippen molar-refractivity contribution in [2.24, 2.45) is 0 Å². The van der Waals surface area contributed by atoms with Gasteiger partial charge in [-0.05, 0) is 26.0 Å². The molecule has 0 radical (unpaired) electrons. The smallest absolute Gasteiger partial charge is 0.255 e. The molecular weight excluding hydrogens is 308 g/mol. The number of fused-ring (bicyclic) bond motifs is 1. The summed E-state index contributed by atoms with van der Waals surface area (Å²) < 4.78 is 1.98. The second kappa shape index (κ2) is 5.33. The summed E-state index contributed by atoms with van der Waals surface area (Å²) in [6, 6.07) is 3.92. The van der Waals surface area contributed by atoms with E-state index in [4.69, 9.17) is 0 Å². The third-order valence-electron chi connectivity index (χ3n) is 4.37. The number of carbonyl (C=O) groups is 2. The molecule has 0 bridgehead atoms. The number of anilines is 2. The van der Waals surface area contributed by atoms with Gasteiger partial charge in [-0.3, -0.25) is 14.3 Å². The van der Waals surface area contributed by atoms with E-state index < -0.39 is 0 Å². The van der Waals surface area contributed by atoms with Crippen LogP contribution in [-0.4, -0.2) is 51.1 Å². The molecule has 4 heterocycles. The van der Waals surface area contributed by atoms with Gasteiger partial charge in [-0.15, -0.1) is 0 Å². The number of rotatable bonds is 2. The number of hydrogen-bond donors (Lipinski definition) is 2. The van der Waals surface area contributed by atoms with Crippen LogP contribution in [0.1, 0.15) is 27.8 Å². The number of likely N-dealkylation sites (tertiary alicyclic amines) is 1. The van der Waals surface area contributed by atoms with Crippen LogP contribution >= 0.6 is 0 Å². The minimum atomic E-state index is -0.137. The van der Waals surface area contributed by atoms with E-state index in [1.807, 2.05) is 24.6 Å². The normalized spacial score (nSPS) is 16.9. The quantitative estimate of drug-likeness (QED) is 0.857. The molecule has 8 nitrogen and oxygen atoms in total. The Balaban J connectivity index is 1.47. The molecule has 0 aliphatic carbocycles. The molecule has 124 valence electrons.